The Bertz CT molecular complexity index is 599. The summed E-state index contributed by atoms with van der Waals surface area (Å²) >= 11 is 0. The van der Waals surface area contributed by atoms with Crippen LogP contribution in [-0.2, 0) is 0 Å². The third-order valence-corrected chi connectivity index (χ3v) is 4.36. The monoisotopic (exact) mass is 277 g/mol. The van der Waals surface area contributed by atoms with Crippen molar-refractivity contribution in [1.29, 1.82) is 0 Å². The van der Waals surface area contributed by atoms with Gasteiger partial charge in [-0.15, -0.1) is 0 Å². The molecule has 2 aromatic rings. The molecule has 0 unspecified atom stereocenters. The Labute approximate surface area is 116 Å². The molecular formula is C13H19N5O2. The molecule has 0 amide bonds. The third-order valence-electron chi connectivity index (χ3n) is 4.36. The molecule has 0 spiro atoms. The molecule has 1 fully saturated rings. The second-order valence-electron chi connectivity index (χ2n) is 5.44. The van der Waals surface area contributed by atoms with Gasteiger partial charge >= 0.3 is 0 Å². The number of nitrogens with zero attached hydrogens (tertiary/aromatic N) is 4. The highest BCUT2D eigenvalue weighted by Gasteiger charge is 2.31. The normalized spacial score (nSPS) is 27.0. The van der Waals surface area contributed by atoms with E-state index >= 15 is 0 Å². The van der Waals surface area contributed by atoms with E-state index in [4.69, 9.17) is 5.73 Å². The lowest BCUT2D eigenvalue weighted by Gasteiger charge is -2.34. The van der Waals surface area contributed by atoms with Gasteiger partial charge < -0.3 is 20.5 Å². The number of anilines is 1. The van der Waals surface area contributed by atoms with Crippen LogP contribution in [-0.4, -0.2) is 42.9 Å². The maximum absolute atomic E-state index is 9.48. The van der Waals surface area contributed by atoms with Crippen molar-refractivity contribution in [3.63, 3.8) is 0 Å². The zero-order chi connectivity index (χ0) is 14.1. The van der Waals surface area contributed by atoms with Crippen LogP contribution in [0.2, 0.25) is 0 Å². The van der Waals surface area contributed by atoms with Crippen molar-refractivity contribution in [2.24, 2.45) is 11.8 Å². The number of imidazole rings is 1. The molecule has 3 atom stereocenters. The van der Waals surface area contributed by atoms with Gasteiger partial charge in [0.1, 0.15) is 11.8 Å². The van der Waals surface area contributed by atoms with Gasteiger partial charge in [-0.3, -0.25) is 0 Å². The Balaban J connectivity index is 1.90. The van der Waals surface area contributed by atoms with E-state index in [2.05, 4.69) is 15.0 Å². The number of hydrogen-bond donors (Lipinski definition) is 3. The summed E-state index contributed by atoms with van der Waals surface area (Å²) in [5, 5.41) is 18.8. The van der Waals surface area contributed by atoms with E-state index in [-0.39, 0.29) is 31.1 Å². The van der Waals surface area contributed by atoms with Gasteiger partial charge in [0.25, 0.3) is 0 Å². The molecule has 0 bridgehead atoms. The van der Waals surface area contributed by atoms with Crippen molar-refractivity contribution >= 4 is 17.0 Å². The van der Waals surface area contributed by atoms with Crippen LogP contribution in [0.25, 0.3) is 11.2 Å². The van der Waals surface area contributed by atoms with Gasteiger partial charge in [0.05, 0.1) is 6.33 Å². The topological polar surface area (TPSA) is 110 Å². The van der Waals surface area contributed by atoms with Crippen LogP contribution in [0.15, 0.2) is 12.7 Å². The lowest BCUT2D eigenvalue weighted by Crippen LogP contribution is -2.31. The maximum atomic E-state index is 9.48. The van der Waals surface area contributed by atoms with E-state index in [1.807, 2.05) is 4.57 Å². The number of nitrogen functional groups attached to an aromatic ring is 1. The second kappa shape index (κ2) is 5.34. The van der Waals surface area contributed by atoms with Crippen LogP contribution in [0.5, 0.6) is 0 Å². The summed E-state index contributed by atoms with van der Waals surface area (Å²) in [6.45, 7) is 0.239. The molecule has 1 aliphatic rings. The first-order chi connectivity index (χ1) is 9.74. The highest BCUT2D eigenvalue weighted by atomic mass is 16.3. The lowest BCUT2D eigenvalue weighted by atomic mass is 9.77. The lowest BCUT2D eigenvalue weighted by molar-refractivity contribution is 0.0678. The van der Waals surface area contributed by atoms with Gasteiger partial charge in [-0.05, 0) is 31.1 Å². The molecule has 2 aromatic heterocycles. The molecule has 7 nitrogen and oxygen atoms in total. The fraction of sp³-hybridized carbons (Fsp3) is 0.615. The number of hydrogen-bond acceptors (Lipinski definition) is 6. The van der Waals surface area contributed by atoms with Gasteiger partial charge in [0, 0.05) is 19.3 Å². The average Bonchev–Trinajstić information content (AvgIpc) is 2.92. The van der Waals surface area contributed by atoms with Crippen LogP contribution < -0.4 is 5.73 Å². The van der Waals surface area contributed by atoms with Crippen LogP contribution in [0.1, 0.15) is 25.3 Å². The predicted molar refractivity (Wildman–Crippen MR) is 73.8 cm³/mol. The fourth-order valence-electron chi connectivity index (χ4n) is 3.16. The zero-order valence-corrected chi connectivity index (χ0v) is 11.2. The Hall–Kier alpha value is -1.73. The minimum Gasteiger partial charge on any atom is -0.396 e. The largest absolute Gasteiger partial charge is 0.396 e. The highest BCUT2D eigenvalue weighted by molar-refractivity contribution is 5.81. The van der Waals surface area contributed by atoms with Crippen molar-refractivity contribution in [2.75, 3.05) is 18.9 Å². The Kier molecular flexibility index (Phi) is 3.54. The van der Waals surface area contributed by atoms with Gasteiger partial charge in [-0.25, -0.2) is 15.0 Å². The summed E-state index contributed by atoms with van der Waals surface area (Å²) in [4.78, 5) is 12.5. The number of rotatable bonds is 3. The molecular weight excluding hydrogens is 258 g/mol. The summed E-state index contributed by atoms with van der Waals surface area (Å²) in [6.07, 6.45) is 5.84. The quantitative estimate of drug-likeness (QED) is 0.746. The summed E-state index contributed by atoms with van der Waals surface area (Å²) in [5.41, 5.74) is 7.16. The summed E-state index contributed by atoms with van der Waals surface area (Å²) in [6, 6.07) is 0.231. The maximum Gasteiger partial charge on any atom is 0.165 e. The summed E-state index contributed by atoms with van der Waals surface area (Å²) < 4.78 is 2.02. The van der Waals surface area contributed by atoms with Crippen LogP contribution >= 0.6 is 0 Å². The number of aromatic nitrogens is 4. The van der Waals surface area contributed by atoms with E-state index in [0.717, 1.165) is 24.9 Å². The van der Waals surface area contributed by atoms with Gasteiger partial charge in [-0.1, -0.05) is 0 Å². The summed E-state index contributed by atoms with van der Waals surface area (Å²) in [7, 11) is 0. The molecule has 1 aliphatic carbocycles. The molecule has 108 valence electrons. The molecule has 1 saturated carbocycles. The smallest absolute Gasteiger partial charge is 0.165 e. The first-order valence-corrected chi connectivity index (χ1v) is 6.89. The number of fused-ring (bicyclic) bond motifs is 1. The zero-order valence-electron chi connectivity index (χ0n) is 11.2. The molecule has 0 saturated heterocycles. The standard InChI is InChI=1S/C13H19N5O2/c14-12-11-13(16-6-15-12)18(7-17-11)10-2-1-8(4-19)9(3-10)5-20/h6-10,19-20H,1-5H2,(H2,14,15,16)/t8-,9+,10-/m1/s1. The summed E-state index contributed by atoms with van der Waals surface area (Å²) in [5.74, 6) is 0.692. The SMILES string of the molecule is Nc1ncnc2c1ncn2[C@@H]1CC[C@H](CO)[C@H](CO)C1. The van der Waals surface area contributed by atoms with Crippen LogP contribution in [0.3, 0.4) is 0 Å². The first kappa shape index (κ1) is 13.3. The van der Waals surface area contributed by atoms with Crippen molar-refractivity contribution in [2.45, 2.75) is 25.3 Å². The fourth-order valence-corrected chi connectivity index (χ4v) is 3.16. The van der Waals surface area contributed by atoms with Crippen molar-refractivity contribution in [3.8, 4) is 0 Å². The Morgan fingerprint density at radius 3 is 2.70 bits per heavy atom. The van der Waals surface area contributed by atoms with Crippen molar-refractivity contribution in [1.82, 2.24) is 19.5 Å². The average molecular weight is 277 g/mol. The van der Waals surface area contributed by atoms with Crippen molar-refractivity contribution < 1.29 is 10.2 Å². The van der Waals surface area contributed by atoms with E-state index in [0.29, 0.717) is 11.3 Å². The first-order valence-electron chi connectivity index (χ1n) is 6.89. The van der Waals surface area contributed by atoms with Gasteiger partial charge in [-0.2, -0.15) is 0 Å². The number of aliphatic hydroxyl groups is 2. The number of nitrogens with two attached hydrogens (primary N) is 1. The molecule has 3 rings (SSSR count). The van der Waals surface area contributed by atoms with E-state index in [1.54, 1.807) is 6.33 Å². The second-order valence-corrected chi connectivity index (χ2v) is 5.44. The van der Waals surface area contributed by atoms with E-state index in [9.17, 15) is 10.2 Å². The van der Waals surface area contributed by atoms with Gasteiger partial charge in [0.15, 0.2) is 11.5 Å². The minimum atomic E-state index is 0.103. The molecule has 0 aliphatic heterocycles. The molecule has 0 radical (unpaired) electrons. The van der Waals surface area contributed by atoms with E-state index < -0.39 is 0 Å². The third kappa shape index (κ3) is 2.12. The molecule has 7 heteroatoms. The molecule has 2 heterocycles. The highest BCUT2D eigenvalue weighted by Crippen LogP contribution is 2.37. The van der Waals surface area contributed by atoms with Gasteiger partial charge in [0.2, 0.25) is 0 Å². The molecule has 0 aromatic carbocycles. The minimum absolute atomic E-state index is 0.103. The Morgan fingerprint density at radius 1 is 1.15 bits per heavy atom. The van der Waals surface area contributed by atoms with Crippen molar-refractivity contribution in [3.05, 3.63) is 12.7 Å². The predicted octanol–water partition coefficient (Wildman–Crippen LogP) is 0.350. The molecule has 20 heavy (non-hydrogen) atoms. The van der Waals surface area contributed by atoms with Crippen LogP contribution in [0.4, 0.5) is 5.82 Å². The Morgan fingerprint density at radius 2 is 1.95 bits per heavy atom. The van der Waals surface area contributed by atoms with E-state index in [1.165, 1.54) is 6.33 Å². The number of aliphatic hydroxyl groups excluding tert-OH is 2. The molecule has 4 N–H and O–H groups in total. The van der Waals surface area contributed by atoms with Crippen LogP contribution in [0, 0.1) is 11.8 Å².